The summed E-state index contributed by atoms with van der Waals surface area (Å²) in [6, 6.07) is 17.6. The normalized spacial score (nSPS) is 13.1. The molecular formula is C17H18N2O3S. The summed E-state index contributed by atoms with van der Waals surface area (Å²) >= 11 is 1.06. The summed E-state index contributed by atoms with van der Waals surface area (Å²) in [6.45, 7) is 0. The monoisotopic (exact) mass is 330 g/mol. The van der Waals surface area contributed by atoms with Crippen LogP contribution in [-0.2, 0) is 16.0 Å². The smallest absolute Gasteiger partial charge is 0.337 e. The molecule has 5 nitrogen and oxygen atoms in total. The maximum atomic E-state index is 12.1. The number of amides is 1. The highest BCUT2D eigenvalue weighted by Crippen LogP contribution is 2.21. The van der Waals surface area contributed by atoms with Gasteiger partial charge in [0.2, 0.25) is 5.91 Å². The topological polar surface area (TPSA) is 92.4 Å². The summed E-state index contributed by atoms with van der Waals surface area (Å²) in [5.74, 6) is -1.59. The molecule has 0 spiro atoms. The fraction of sp³-hybridized carbons (Fsp3) is 0.176. The lowest BCUT2D eigenvalue weighted by Crippen LogP contribution is -2.47. The average Bonchev–Trinajstić information content (AvgIpc) is 2.56. The maximum absolute atomic E-state index is 12.1. The van der Waals surface area contributed by atoms with Gasteiger partial charge in [-0.25, -0.2) is 4.79 Å². The Bertz CT molecular complexity index is 649. The van der Waals surface area contributed by atoms with E-state index < -0.39 is 23.3 Å². The lowest BCUT2D eigenvalue weighted by molar-refractivity contribution is -0.139. The number of thioether (sulfide) groups is 1. The van der Waals surface area contributed by atoms with E-state index in [0.29, 0.717) is 6.42 Å². The Morgan fingerprint density at radius 2 is 1.61 bits per heavy atom. The molecule has 0 saturated heterocycles. The van der Waals surface area contributed by atoms with E-state index in [0.717, 1.165) is 22.2 Å². The van der Waals surface area contributed by atoms with E-state index in [1.54, 1.807) is 12.1 Å². The number of carbonyl (C=O) groups excluding carboxylic acids is 1. The summed E-state index contributed by atoms with van der Waals surface area (Å²) in [4.78, 5) is 24.2. The van der Waals surface area contributed by atoms with Crippen molar-refractivity contribution in [3.05, 3.63) is 66.2 Å². The lowest BCUT2D eigenvalue weighted by atomic mass is 10.1. The van der Waals surface area contributed by atoms with Crippen LogP contribution in [0.2, 0.25) is 0 Å². The molecule has 4 N–H and O–H groups in total. The fourth-order valence-corrected chi connectivity index (χ4v) is 2.84. The number of carboxylic acids is 1. The van der Waals surface area contributed by atoms with Gasteiger partial charge in [0.1, 0.15) is 0 Å². The van der Waals surface area contributed by atoms with Crippen LogP contribution >= 0.6 is 11.8 Å². The molecule has 0 unspecified atom stereocenters. The molecule has 2 atom stereocenters. The molecule has 120 valence electrons. The summed E-state index contributed by atoms with van der Waals surface area (Å²) in [5.41, 5.74) is 6.81. The molecule has 0 aromatic heterocycles. The molecular weight excluding hydrogens is 312 g/mol. The molecule has 23 heavy (non-hydrogen) atoms. The molecule has 0 heterocycles. The van der Waals surface area contributed by atoms with Crippen LogP contribution in [-0.4, -0.2) is 28.4 Å². The minimum absolute atomic E-state index is 0.356. The number of aliphatic carboxylic acids is 1. The minimum atomic E-state index is -1.11. The van der Waals surface area contributed by atoms with Crippen molar-refractivity contribution in [2.75, 3.05) is 0 Å². The maximum Gasteiger partial charge on any atom is 0.337 e. The minimum Gasteiger partial charge on any atom is -0.479 e. The molecule has 0 fully saturated rings. The SMILES string of the molecule is N[C@@H](Cc1ccccc1)C(=O)N[C@@H](Sc1ccccc1)C(=O)O. The van der Waals surface area contributed by atoms with Gasteiger partial charge in [-0.2, -0.15) is 0 Å². The van der Waals surface area contributed by atoms with E-state index in [1.165, 1.54) is 0 Å². The van der Waals surface area contributed by atoms with Crippen molar-refractivity contribution in [2.24, 2.45) is 5.73 Å². The molecule has 2 aromatic rings. The van der Waals surface area contributed by atoms with E-state index in [-0.39, 0.29) is 0 Å². The highest BCUT2D eigenvalue weighted by molar-refractivity contribution is 8.00. The Labute approximate surface area is 138 Å². The van der Waals surface area contributed by atoms with Crippen LogP contribution in [0.3, 0.4) is 0 Å². The van der Waals surface area contributed by atoms with Gasteiger partial charge in [-0.1, -0.05) is 60.3 Å². The Balaban J connectivity index is 1.96. The summed E-state index contributed by atoms with van der Waals surface area (Å²) < 4.78 is 0. The zero-order chi connectivity index (χ0) is 16.7. The second-order valence-corrected chi connectivity index (χ2v) is 6.13. The summed E-state index contributed by atoms with van der Waals surface area (Å²) in [6.07, 6.45) is 0.356. The number of hydrogen-bond donors (Lipinski definition) is 3. The van der Waals surface area contributed by atoms with Gasteiger partial charge >= 0.3 is 5.97 Å². The van der Waals surface area contributed by atoms with Gasteiger partial charge in [-0.15, -0.1) is 0 Å². The number of carboxylic acid groups (broad SMARTS) is 1. The number of hydrogen-bond acceptors (Lipinski definition) is 4. The molecule has 0 saturated carbocycles. The van der Waals surface area contributed by atoms with Crippen molar-refractivity contribution in [3.63, 3.8) is 0 Å². The Hall–Kier alpha value is -2.31. The van der Waals surface area contributed by atoms with Crippen LogP contribution in [0, 0.1) is 0 Å². The lowest BCUT2D eigenvalue weighted by Gasteiger charge is -2.17. The third kappa shape index (κ3) is 5.43. The van der Waals surface area contributed by atoms with Crippen molar-refractivity contribution < 1.29 is 14.7 Å². The molecule has 6 heteroatoms. The summed E-state index contributed by atoms with van der Waals surface area (Å²) in [5, 5.41) is 10.7. The number of nitrogens with one attached hydrogen (secondary N) is 1. The zero-order valence-electron chi connectivity index (χ0n) is 12.4. The Kier molecular flexibility index (Phi) is 6.19. The van der Waals surface area contributed by atoms with Crippen LogP contribution in [0.4, 0.5) is 0 Å². The van der Waals surface area contributed by atoms with Gasteiger partial charge < -0.3 is 16.2 Å². The Morgan fingerprint density at radius 1 is 1.04 bits per heavy atom. The van der Waals surface area contributed by atoms with E-state index in [4.69, 9.17) is 5.73 Å². The number of carbonyl (C=O) groups is 2. The van der Waals surface area contributed by atoms with Gasteiger partial charge in [0, 0.05) is 4.90 Å². The molecule has 0 aliphatic heterocycles. The van der Waals surface area contributed by atoms with E-state index in [9.17, 15) is 14.7 Å². The fourth-order valence-electron chi connectivity index (χ4n) is 1.97. The number of rotatable bonds is 7. The van der Waals surface area contributed by atoms with Crippen LogP contribution in [0.1, 0.15) is 5.56 Å². The first kappa shape index (κ1) is 17.1. The van der Waals surface area contributed by atoms with Crippen molar-refractivity contribution in [1.82, 2.24) is 5.32 Å². The molecule has 0 aliphatic rings. The van der Waals surface area contributed by atoms with Crippen LogP contribution in [0.5, 0.6) is 0 Å². The van der Waals surface area contributed by atoms with Crippen molar-refractivity contribution in [1.29, 1.82) is 0 Å². The highest BCUT2D eigenvalue weighted by atomic mass is 32.2. The molecule has 0 bridgehead atoms. The molecule has 0 aliphatic carbocycles. The van der Waals surface area contributed by atoms with Gasteiger partial charge in [-0.05, 0) is 24.1 Å². The largest absolute Gasteiger partial charge is 0.479 e. The van der Waals surface area contributed by atoms with Crippen molar-refractivity contribution in [2.45, 2.75) is 22.7 Å². The second kappa shape index (κ2) is 8.36. The Morgan fingerprint density at radius 3 is 2.17 bits per heavy atom. The summed E-state index contributed by atoms with van der Waals surface area (Å²) in [7, 11) is 0. The van der Waals surface area contributed by atoms with E-state index >= 15 is 0 Å². The van der Waals surface area contributed by atoms with E-state index in [2.05, 4.69) is 5.32 Å². The molecule has 0 radical (unpaired) electrons. The van der Waals surface area contributed by atoms with Crippen molar-refractivity contribution in [3.8, 4) is 0 Å². The van der Waals surface area contributed by atoms with Crippen LogP contribution in [0.15, 0.2) is 65.6 Å². The van der Waals surface area contributed by atoms with Gasteiger partial charge in [0.25, 0.3) is 0 Å². The number of benzene rings is 2. The first-order valence-electron chi connectivity index (χ1n) is 7.10. The van der Waals surface area contributed by atoms with E-state index in [1.807, 2.05) is 48.5 Å². The molecule has 1 amide bonds. The van der Waals surface area contributed by atoms with Crippen molar-refractivity contribution >= 4 is 23.6 Å². The van der Waals surface area contributed by atoms with Crippen LogP contribution < -0.4 is 11.1 Å². The predicted octanol–water partition coefficient (Wildman–Crippen LogP) is 1.88. The van der Waals surface area contributed by atoms with Gasteiger partial charge in [-0.3, -0.25) is 4.79 Å². The van der Waals surface area contributed by atoms with Gasteiger partial charge in [0.05, 0.1) is 6.04 Å². The third-order valence-corrected chi connectivity index (χ3v) is 4.23. The second-order valence-electron chi connectivity index (χ2n) is 4.95. The first-order chi connectivity index (χ1) is 11.1. The zero-order valence-corrected chi connectivity index (χ0v) is 13.2. The average molecular weight is 330 g/mol. The molecule has 2 aromatic carbocycles. The number of nitrogens with two attached hydrogens (primary N) is 1. The first-order valence-corrected chi connectivity index (χ1v) is 7.98. The quantitative estimate of drug-likeness (QED) is 0.532. The third-order valence-electron chi connectivity index (χ3n) is 3.13. The highest BCUT2D eigenvalue weighted by Gasteiger charge is 2.24. The van der Waals surface area contributed by atoms with Crippen LogP contribution in [0.25, 0.3) is 0 Å². The molecule has 2 rings (SSSR count). The van der Waals surface area contributed by atoms with Gasteiger partial charge in [0.15, 0.2) is 5.37 Å². The standard InChI is InChI=1S/C17H18N2O3S/c18-14(11-12-7-3-1-4-8-12)15(20)19-16(17(21)22)23-13-9-5-2-6-10-13/h1-10,14,16H,11,18H2,(H,19,20)(H,21,22)/t14-,16-/m0/s1. The predicted molar refractivity (Wildman–Crippen MR) is 90.0 cm³/mol.